The van der Waals surface area contributed by atoms with Crippen molar-refractivity contribution >= 4 is 11.6 Å². The van der Waals surface area contributed by atoms with Crippen LogP contribution in [-0.4, -0.2) is 24.5 Å². The molecule has 1 aromatic rings. The Bertz CT molecular complexity index is 394. The second-order valence-electron chi connectivity index (χ2n) is 5.61. The third-order valence-corrected chi connectivity index (χ3v) is 4.36. The molecule has 2 nitrogen and oxygen atoms in total. The van der Waals surface area contributed by atoms with Gasteiger partial charge in [-0.25, -0.2) is 0 Å². The van der Waals surface area contributed by atoms with Crippen LogP contribution in [0.1, 0.15) is 37.8 Å². The minimum absolute atomic E-state index is 0.403. The molecule has 18 heavy (non-hydrogen) atoms. The van der Waals surface area contributed by atoms with Gasteiger partial charge in [0, 0.05) is 23.7 Å². The number of rotatable bonds is 4. The molecule has 0 aromatic heterocycles. The highest BCUT2D eigenvalue weighted by molar-refractivity contribution is 6.30. The molecule has 1 fully saturated rings. The van der Waals surface area contributed by atoms with E-state index >= 15 is 0 Å². The van der Waals surface area contributed by atoms with Gasteiger partial charge in [-0.1, -0.05) is 23.7 Å². The van der Waals surface area contributed by atoms with E-state index in [0.29, 0.717) is 12.1 Å². The second-order valence-corrected chi connectivity index (χ2v) is 6.05. The zero-order chi connectivity index (χ0) is 13.1. The summed E-state index contributed by atoms with van der Waals surface area (Å²) in [7, 11) is 2.19. The molecule has 3 unspecified atom stereocenters. The van der Waals surface area contributed by atoms with Gasteiger partial charge in [-0.2, -0.15) is 0 Å². The van der Waals surface area contributed by atoms with Crippen molar-refractivity contribution in [2.24, 2.45) is 11.7 Å². The molecule has 0 heterocycles. The second kappa shape index (κ2) is 6.05. The molecule has 0 amide bonds. The van der Waals surface area contributed by atoms with E-state index in [-0.39, 0.29) is 0 Å². The molecule has 2 rings (SSSR count). The molecular formula is C15H23ClN2. The van der Waals surface area contributed by atoms with Crippen LogP contribution in [0.4, 0.5) is 0 Å². The lowest BCUT2D eigenvalue weighted by Gasteiger charge is -2.28. The topological polar surface area (TPSA) is 29.3 Å². The Kier molecular flexibility index (Phi) is 4.66. The van der Waals surface area contributed by atoms with Crippen LogP contribution in [0, 0.1) is 5.92 Å². The monoisotopic (exact) mass is 266 g/mol. The number of hydrogen-bond acceptors (Lipinski definition) is 2. The maximum absolute atomic E-state index is 6.05. The summed E-state index contributed by atoms with van der Waals surface area (Å²) >= 11 is 6.05. The molecule has 3 atom stereocenters. The summed E-state index contributed by atoms with van der Waals surface area (Å²) < 4.78 is 0. The van der Waals surface area contributed by atoms with Crippen molar-refractivity contribution in [3.8, 4) is 0 Å². The number of halogens is 1. The summed E-state index contributed by atoms with van der Waals surface area (Å²) in [6.07, 6.45) is 3.63. The van der Waals surface area contributed by atoms with Crippen molar-refractivity contribution < 1.29 is 0 Å². The predicted octanol–water partition coefficient (Wildman–Crippen LogP) is 3.46. The largest absolute Gasteiger partial charge is 0.328 e. The summed E-state index contributed by atoms with van der Waals surface area (Å²) in [6, 6.07) is 8.98. The van der Waals surface area contributed by atoms with Crippen molar-refractivity contribution in [1.82, 2.24) is 4.90 Å². The predicted molar refractivity (Wildman–Crippen MR) is 77.8 cm³/mol. The van der Waals surface area contributed by atoms with Crippen LogP contribution < -0.4 is 5.73 Å². The molecule has 0 radical (unpaired) electrons. The Morgan fingerprint density at radius 1 is 1.44 bits per heavy atom. The van der Waals surface area contributed by atoms with Gasteiger partial charge in [-0.15, -0.1) is 0 Å². The van der Waals surface area contributed by atoms with E-state index in [9.17, 15) is 0 Å². The molecule has 1 aromatic carbocycles. The molecule has 0 saturated heterocycles. The highest BCUT2D eigenvalue weighted by Gasteiger charge is 2.24. The van der Waals surface area contributed by atoms with Gasteiger partial charge in [-0.05, 0) is 56.8 Å². The van der Waals surface area contributed by atoms with Gasteiger partial charge in [0.15, 0.2) is 0 Å². The summed E-state index contributed by atoms with van der Waals surface area (Å²) in [6.45, 7) is 3.36. The highest BCUT2D eigenvalue weighted by atomic mass is 35.5. The van der Waals surface area contributed by atoms with Gasteiger partial charge >= 0.3 is 0 Å². The van der Waals surface area contributed by atoms with Gasteiger partial charge in [-0.3, -0.25) is 4.90 Å². The van der Waals surface area contributed by atoms with Crippen LogP contribution in [-0.2, 0) is 0 Å². The Balaban J connectivity index is 1.94. The Morgan fingerprint density at radius 3 is 2.83 bits per heavy atom. The van der Waals surface area contributed by atoms with Crippen molar-refractivity contribution in [2.75, 3.05) is 13.6 Å². The van der Waals surface area contributed by atoms with Crippen LogP contribution in [0.25, 0.3) is 0 Å². The molecule has 1 aliphatic carbocycles. The van der Waals surface area contributed by atoms with Crippen LogP contribution in [0.2, 0.25) is 5.02 Å². The molecule has 1 aliphatic rings. The van der Waals surface area contributed by atoms with Gasteiger partial charge in [0.1, 0.15) is 0 Å². The third kappa shape index (κ3) is 3.47. The Hall–Kier alpha value is -0.570. The average molecular weight is 267 g/mol. The van der Waals surface area contributed by atoms with E-state index in [1.807, 2.05) is 12.1 Å². The molecule has 2 N–H and O–H groups in total. The standard InChI is InChI=1S/C15H23ClN2/c1-11(13-4-3-5-14(16)9-13)18(2)10-12-6-7-15(17)8-12/h3-5,9,11-12,15H,6-8,10,17H2,1-2H3. The summed E-state index contributed by atoms with van der Waals surface area (Å²) in [5.41, 5.74) is 7.26. The van der Waals surface area contributed by atoms with Crippen molar-refractivity contribution in [1.29, 1.82) is 0 Å². The van der Waals surface area contributed by atoms with E-state index in [1.54, 1.807) is 0 Å². The lowest BCUT2D eigenvalue weighted by molar-refractivity contribution is 0.220. The first-order valence-corrected chi connectivity index (χ1v) is 7.15. The van der Waals surface area contributed by atoms with E-state index in [2.05, 4.69) is 31.0 Å². The molecule has 1 saturated carbocycles. The first kappa shape index (κ1) is 13.9. The van der Waals surface area contributed by atoms with E-state index < -0.39 is 0 Å². The zero-order valence-electron chi connectivity index (χ0n) is 11.3. The van der Waals surface area contributed by atoms with Gasteiger partial charge in [0.2, 0.25) is 0 Å². The number of nitrogens with two attached hydrogens (primary N) is 1. The van der Waals surface area contributed by atoms with Gasteiger partial charge in [0.05, 0.1) is 0 Å². The maximum atomic E-state index is 6.05. The smallest absolute Gasteiger partial charge is 0.0409 e. The Labute approximate surface area is 115 Å². The van der Waals surface area contributed by atoms with Crippen LogP contribution >= 0.6 is 11.6 Å². The fourth-order valence-electron chi connectivity index (χ4n) is 2.87. The van der Waals surface area contributed by atoms with E-state index in [0.717, 1.165) is 17.5 Å². The minimum Gasteiger partial charge on any atom is -0.328 e. The maximum Gasteiger partial charge on any atom is 0.0409 e. The highest BCUT2D eigenvalue weighted by Crippen LogP contribution is 2.28. The van der Waals surface area contributed by atoms with Gasteiger partial charge in [0.25, 0.3) is 0 Å². The fourth-order valence-corrected chi connectivity index (χ4v) is 3.06. The number of benzene rings is 1. The average Bonchev–Trinajstić information content (AvgIpc) is 2.73. The normalized spacial score (nSPS) is 25.6. The Morgan fingerprint density at radius 2 is 2.22 bits per heavy atom. The quantitative estimate of drug-likeness (QED) is 0.904. The lowest BCUT2D eigenvalue weighted by Crippen LogP contribution is -2.28. The summed E-state index contributed by atoms with van der Waals surface area (Å²) in [5, 5.41) is 0.815. The first-order chi connectivity index (χ1) is 8.56. The fraction of sp³-hybridized carbons (Fsp3) is 0.600. The minimum atomic E-state index is 0.403. The third-order valence-electron chi connectivity index (χ3n) is 4.12. The van der Waals surface area contributed by atoms with Crippen molar-refractivity contribution in [2.45, 2.75) is 38.3 Å². The van der Waals surface area contributed by atoms with Gasteiger partial charge < -0.3 is 5.73 Å². The lowest BCUT2D eigenvalue weighted by atomic mass is 10.0. The molecular weight excluding hydrogens is 244 g/mol. The number of nitrogens with zero attached hydrogens (tertiary/aromatic N) is 1. The number of hydrogen-bond donors (Lipinski definition) is 1. The zero-order valence-corrected chi connectivity index (χ0v) is 12.0. The van der Waals surface area contributed by atoms with Crippen molar-refractivity contribution in [3.63, 3.8) is 0 Å². The van der Waals surface area contributed by atoms with Crippen LogP contribution in [0.5, 0.6) is 0 Å². The first-order valence-electron chi connectivity index (χ1n) is 6.77. The van der Waals surface area contributed by atoms with E-state index in [1.165, 1.54) is 24.8 Å². The van der Waals surface area contributed by atoms with Crippen LogP contribution in [0.15, 0.2) is 24.3 Å². The molecule has 0 spiro atoms. The van der Waals surface area contributed by atoms with Crippen molar-refractivity contribution in [3.05, 3.63) is 34.9 Å². The summed E-state index contributed by atoms with van der Waals surface area (Å²) in [4.78, 5) is 2.41. The molecule has 0 aliphatic heterocycles. The SMILES string of the molecule is CC(c1cccc(Cl)c1)N(C)CC1CCC(N)C1. The molecule has 100 valence electrons. The molecule has 3 heteroatoms. The summed E-state index contributed by atoms with van der Waals surface area (Å²) in [5.74, 6) is 0.756. The van der Waals surface area contributed by atoms with Crippen LogP contribution in [0.3, 0.4) is 0 Å². The van der Waals surface area contributed by atoms with E-state index in [4.69, 9.17) is 17.3 Å². The molecule has 0 bridgehead atoms.